The summed E-state index contributed by atoms with van der Waals surface area (Å²) in [5.74, 6) is -0.106. The van der Waals surface area contributed by atoms with E-state index >= 15 is 0 Å². The molecule has 0 unspecified atom stereocenters. The molecule has 0 N–H and O–H groups in total. The van der Waals surface area contributed by atoms with Gasteiger partial charge in [0.2, 0.25) is 0 Å². The highest BCUT2D eigenvalue weighted by Gasteiger charge is 2.18. The third kappa shape index (κ3) is 3.31. The molecule has 0 heterocycles. The zero-order valence-corrected chi connectivity index (χ0v) is 10.3. The molecule has 0 saturated heterocycles. The molecule has 0 saturated carbocycles. The Labute approximate surface area is 91.9 Å². The molecule has 0 aliphatic heterocycles. The maximum Gasteiger partial charge on any atom is 0.126 e. The second kappa shape index (κ2) is 4.31. The van der Waals surface area contributed by atoms with Gasteiger partial charge in [0.25, 0.3) is 0 Å². The second-order valence-electron chi connectivity index (χ2n) is 5.30. The predicted molar refractivity (Wildman–Crippen MR) is 62.5 cm³/mol. The van der Waals surface area contributed by atoms with Crippen molar-refractivity contribution in [2.45, 2.75) is 32.7 Å². The molecule has 1 aromatic carbocycles. The molecule has 0 aliphatic rings. The van der Waals surface area contributed by atoms with Gasteiger partial charge >= 0.3 is 0 Å². The fourth-order valence-electron chi connectivity index (χ4n) is 1.61. The van der Waals surface area contributed by atoms with Crippen molar-refractivity contribution in [2.24, 2.45) is 0 Å². The third-order valence-corrected chi connectivity index (χ3v) is 2.34. The molecule has 2 heteroatoms. The lowest BCUT2D eigenvalue weighted by atomic mass is 9.85. The average Bonchev–Trinajstić information content (AvgIpc) is 2.05. The number of nitrogens with zero attached hydrogens (tertiary/aromatic N) is 1. The molecular weight excluding hydrogens is 189 g/mol. The van der Waals surface area contributed by atoms with Crippen LogP contribution in [0.25, 0.3) is 0 Å². The highest BCUT2D eigenvalue weighted by Crippen LogP contribution is 2.26. The molecule has 1 rings (SSSR count). The largest absolute Gasteiger partial charge is 0.305 e. The van der Waals surface area contributed by atoms with Crippen molar-refractivity contribution >= 4 is 0 Å². The number of benzene rings is 1. The monoisotopic (exact) mass is 209 g/mol. The van der Waals surface area contributed by atoms with Gasteiger partial charge in [-0.15, -0.1) is 0 Å². The van der Waals surface area contributed by atoms with E-state index in [-0.39, 0.29) is 11.2 Å². The van der Waals surface area contributed by atoms with Gasteiger partial charge in [-0.2, -0.15) is 0 Å². The van der Waals surface area contributed by atoms with Crippen molar-refractivity contribution in [1.82, 2.24) is 4.90 Å². The number of hydrogen-bond donors (Lipinski definition) is 0. The third-order valence-electron chi connectivity index (χ3n) is 2.34. The van der Waals surface area contributed by atoms with Crippen molar-refractivity contribution in [1.29, 1.82) is 0 Å². The molecule has 0 atom stereocenters. The zero-order valence-electron chi connectivity index (χ0n) is 10.3. The topological polar surface area (TPSA) is 3.24 Å². The van der Waals surface area contributed by atoms with E-state index in [9.17, 15) is 4.39 Å². The molecule has 1 aromatic rings. The van der Waals surface area contributed by atoms with Gasteiger partial charge in [0.1, 0.15) is 5.82 Å². The van der Waals surface area contributed by atoms with Crippen LogP contribution in [-0.2, 0) is 12.0 Å². The summed E-state index contributed by atoms with van der Waals surface area (Å²) in [6.45, 7) is 6.95. The summed E-state index contributed by atoms with van der Waals surface area (Å²) < 4.78 is 13.6. The van der Waals surface area contributed by atoms with E-state index in [1.54, 1.807) is 6.07 Å². The average molecular weight is 209 g/mol. The Hall–Kier alpha value is -0.890. The summed E-state index contributed by atoms with van der Waals surface area (Å²) in [5, 5.41) is 0. The van der Waals surface area contributed by atoms with Crippen LogP contribution in [0.3, 0.4) is 0 Å². The SMILES string of the molecule is CN(C)Cc1ccc(F)c(C(C)(C)C)c1. The van der Waals surface area contributed by atoms with Crippen LogP contribution < -0.4 is 0 Å². The Kier molecular flexibility index (Phi) is 3.50. The molecule has 0 fully saturated rings. The first-order valence-electron chi connectivity index (χ1n) is 5.24. The van der Waals surface area contributed by atoms with Crippen molar-refractivity contribution in [2.75, 3.05) is 14.1 Å². The zero-order chi connectivity index (χ0) is 11.6. The van der Waals surface area contributed by atoms with Crippen molar-refractivity contribution in [3.63, 3.8) is 0 Å². The molecule has 84 valence electrons. The fourth-order valence-corrected chi connectivity index (χ4v) is 1.61. The van der Waals surface area contributed by atoms with Crippen LogP contribution in [0, 0.1) is 5.82 Å². The van der Waals surface area contributed by atoms with Gasteiger partial charge in [-0.1, -0.05) is 32.9 Å². The first-order chi connectivity index (χ1) is 6.80. The number of rotatable bonds is 2. The molecular formula is C13H20FN. The predicted octanol–water partition coefficient (Wildman–Crippen LogP) is 3.18. The maximum atomic E-state index is 13.6. The van der Waals surface area contributed by atoms with Crippen LogP contribution in [0.4, 0.5) is 4.39 Å². The molecule has 15 heavy (non-hydrogen) atoms. The van der Waals surface area contributed by atoms with Crippen molar-refractivity contribution in [3.8, 4) is 0 Å². The minimum absolute atomic E-state index is 0.106. The van der Waals surface area contributed by atoms with E-state index in [1.807, 2.05) is 47.0 Å². The summed E-state index contributed by atoms with van der Waals surface area (Å²) >= 11 is 0. The molecule has 0 spiro atoms. The van der Waals surface area contributed by atoms with E-state index in [0.29, 0.717) is 0 Å². The standard InChI is InChI=1S/C13H20FN/c1-13(2,3)11-8-10(9-15(4)5)6-7-12(11)14/h6-8H,9H2,1-5H3. The molecule has 0 radical (unpaired) electrons. The quantitative estimate of drug-likeness (QED) is 0.723. The summed E-state index contributed by atoms with van der Waals surface area (Å²) in [6.07, 6.45) is 0. The lowest BCUT2D eigenvalue weighted by Crippen LogP contribution is -2.16. The maximum absolute atomic E-state index is 13.6. The van der Waals surface area contributed by atoms with Gasteiger partial charge in [0, 0.05) is 6.54 Å². The Morgan fingerprint density at radius 3 is 2.27 bits per heavy atom. The summed E-state index contributed by atoms with van der Waals surface area (Å²) in [5.41, 5.74) is 1.82. The highest BCUT2D eigenvalue weighted by molar-refractivity contribution is 5.30. The van der Waals surface area contributed by atoms with E-state index < -0.39 is 0 Å². The first-order valence-corrected chi connectivity index (χ1v) is 5.24. The minimum atomic E-state index is -0.133. The van der Waals surface area contributed by atoms with Crippen LogP contribution in [0.2, 0.25) is 0 Å². The summed E-state index contributed by atoms with van der Waals surface area (Å²) in [7, 11) is 4.03. The molecule has 0 aliphatic carbocycles. The first kappa shape index (κ1) is 12.2. The Balaban J connectivity index is 3.06. The van der Waals surface area contributed by atoms with Crippen molar-refractivity contribution < 1.29 is 4.39 Å². The van der Waals surface area contributed by atoms with Crippen LogP contribution >= 0.6 is 0 Å². The number of hydrogen-bond acceptors (Lipinski definition) is 1. The minimum Gasteiger partial charge on any atom is -0.305 e. The highest BCUT2D eigenvalue weighted by atomic mass is 19.1. The van der Waals surface area contributed by atoms with Gasteiger partial charge in [0.15, 0.2) is 0 Å². The molecule has 0 amide bonds. The van der Waals surface area contributed by atoms with Crippen LogP contribution in [0.15, 0.2) is 18.2 Å². The molecule has 1 nitrogen and oxygen atoms in total. The van der Waals surface area contributed by atoms with Crippen LogP contribution in [-0.4, -0.2) is 19.0 Å². The Bertz CT molecular complexity index is 337. The Morgan fingerprint density at radius 2 is 1.80 bits per heavy atom. The summed E-state index contributed by atoms with van der Waals surface area (Å²) in [4.78, 5) is 2.08. The Morgan fingerprint density at radius 1 is 1.20 bits per heavy atom. The van der Waals surface area contributed by atoms with Crippen LogP contribution in [0.5, 0.6) is 0 Å². The van der Waals surface area contributed by atoms with Crippen LogP contribution in [0.1, 0.15) is 31.9 Å². The normalized spacial score (nSPS) is 12.2. The number of halogens is 1. The van der Waals surface area contributed by atoms with E-state index in [2.05, 4.69) is 4.90 Å². The van der Waals surface area contributed by atoms with E-state index in [0.717, 1.165) is 17.7 Å². The summed E-state index contributed by atoms with van der Waals surface area (Å²) in [6, 6.07) is 5.39. The van der Waals surface area contributed by atoms with Gasteiger partial charge in [0.05, 0.1) is 0 Å². The van der Waals surface area contributed by atoms with Gasteiger partial charge < -0.3 is 4.90 Å². The van der Waals surface area contributed by atoms with E-state index in [4.69, 9.17) is 0 Å². The fraction of sp³-hybridized carbons (Fsp3) is 0.538. The van der Waals surface area contributed by atoms with Crippen molar-refractivity contribution in [3.05, 3.63) is 35.1 Å². The van der Waals surface area contributed by atoms with Gasteiger partial charge in [-0.3, -0.25) is 0 Å². The molecule has 0 aromatic heterocycles. The lowest BCUT2D eigenvalue weighted by Gasteiger charge is -2.21. The van der Waals surface area contributed by atoms with Gasteiger partial charge in [-0.25, -0.2) is 4.39 Å². The van der Waals surface area contributed by atoms with Gasteiger partial charge in [-0.05, 0) is 36.7 Å². The van der Waals surface area contributed by atoms with E-state index in [1.165, 1.54) is 0 Å². The molecule has 0 bridgehead atoms. The second-order valence-corrected chi connectivity index (χ2v) is 5.30. The smallest absolute Gasteiger partial charge is 0.126 e. The lowest BCUT2D eigenvalue weighted by molar-refractivity contribution is 0.401.